The highest BCUT2D eigenvalue weighted by Crippen LogP contribution is 2.19. The predicted molar refractivity (Wildman–Crippen MR) is 88.4 cm³/mol. The number of allylic oxidation sites excluding steroid dienone is 1. The molecule has 0 fully saturated rings. The van der Waals surface area contributed by atoms with E-state index in [1.165, 1.54) is 11.3 Å². The van der Waals surface area contributed by atoms with Crippen molar-refractivity contribution >= 4 is 22.4 Å². The Labute approximate surface area is 134 Å². The molecular formula is C16H19N3O2S. The number of carbonyl (C=O) groups is 1. The highest BCUT2D eigenvalue weighted by atomic mass is 32.1. The normalized spacial score (nSPS) is 10.2. The van der Waals surface area contributed by atoms with Crippen molar-refractivity contribution in [2.45, 2.75) is 26.2 Å². The molecule has 0 bridgehead atoms. The lowest BCUT2D eigenvalue weighted by molar-refractivity contribution is -0.118. The minimum absolute atomic E-state index is 0.0587. The minimum Gasteiger partial charge on any atom is -0.483 e. The van der Waals surface area contributed by atoms with Crippen molar-refractivity contribution in [3.8, 4) is 5.75 Å². The van der Waals surface area contributed by atoms with Gasteiger partial charge in [-0.3, -0.25) is 10.1 Å². The standard InChI is InChI=1S/C16H19N3O2S/c1-3-7-12-9-5-6-10-13(12)21-11-14(20)17-16-19-18-15(22-16)8-4-2/h3,5-6,9-10H,1,4,7-8,11H2,2H3,(H,17,19,20). The molecule has 1 aromatic heterocycles. The number of nitrogens with zero attached hydrogens (tertiary/aromatic N) is 2. The molecular weight excluding hydrogens is 298 g/mol. The lowest BCUT2D eigenvalue weighted by Gasteiger charge is -2.09. The summed E-state index contributed by atoms with van der Waals surface area (Å²) in [5, 5.41) is 12.1. The first kappa shape index (κ1) is 16.2. The zero-order valence-corrected chi connectivity index (χ0v) is 13.4. The third kappa shape index (κ3) is 4.66. The van der Waals surface area contributed by atoms with Crippen molar-refractivity contribution < 1.29 is 9.53 Å². The Kier molecular flexibility index (Phi) is 6.09. The Morgan fingerprint density at radius 2 is 2.23 bits per heavy atom. The Morgan fingerprint density at radius 1 is 1.41 bits per heavy atom. The third-order valence-electron chi connectivity index (χ3n) is 2.87. The summed E-state index contributed by atoms with van der Waals surface area (Å²) in [5.41, 5.74) is 1.01. The number of amides is 1. The number of hydrogen-bond donors (Lipinski definition) is 1. The molecule has 2 aromatic rings. The maximum atomic E-state index is 11.9. The fraction of sp³-hybridized carbons (Fsp3) is 0.312. The van der Waals surface area contributed by atoms with Crippen molar-refractivity contribution in [3.05, 3.63) is 47.5 Å². The number of para-hydroxylation sites is 1. The molecule has 0 spiro atoms. The number of rotatable bonds is 8. The van der Waals surface area contributed by atoms with E-state index in [1.54, 1.807) is 6.08 Å². The van der Waals surface area contributed by atoms with Gasteiger partial charge in [0.05, 0.1) is 0 Å². The molecule has 116 valence electrons. The Balaban J connectivity index is 1.88. The van der Waals surface area contributed by atoms with Crippen LogP contribution in [0.25, 0.3) is 0 Å². The van der Waals surface area contributed by atoms with Crippen molar-refractivity contribution in [2.24, 2.45) is 0 Å². The van der Waals surface area contributed by atoms with Gasteiger partial charge in [-0.15, -0.1) is 16.8 Å². The molecule has 2 rings (SSSR count). The van der Waals surface area contributed by atoms with E-state index in [9.17, 15) is 4.79 Å². The van der Waals surface area contributed by atoms with E-state index >= 15 is 0 Å². The number of nitrogens with one attached hydrogen (secondary N) is 1. The van der Waals surface area contributed by atoms with E-state index in [1.807, 2.05) is 24.3 Å². The second-order valence-corrected chi connectivity index (χ2v) is 5.75. The largest absolute Gasteiger partial charge is 0.483 e. The van der Waals surface area contributed by atoms with Crippen LogP contribution in [0.5, 0.6) is 5.75 Å². The van der Waals surface area contributed by atoms with Crippen LogP contribution in [-0.4, -0.2) is 22.7 Å². The molecule has 0 atom stereocenters. The highest BCUT2D eigenvalue weighted by molar-refractivity contribution is 7.15. The molecule has 1 aromatic carbocycles. The van der Waals surface area contributed by atoms with E-state index < -0.39 is 0 Å². The Morgan fingerprint density at radius 3 is 3.00 bits per heavy atom. The number of benzene rings is 1. The summed E-state index contributed by atoms with van der Waals surface area (Å²) in [7, 11) is 0. The van der Waals surface area contributed by atoms with Gasteiger partial charge >= 0.3 is 0 Å². The molecule has 0 aliphatic heterocycles. The van der Waals surface area contributed by atoms with Gasteiger partial charge in [0, 0.05) is 6.42 Å². The Hall–Kier alpha value is -2.21. The first-order valence-electron chi connectivity index (χ1n) is 7.16. The smallest absolute Gasteiger partial charge is 0.264 e. The monoisotopic (exact) mass is 317 g/mol. The SMILES string of the molecule is C=CCc1ccccc1OCC(=O)Nc1nnc(CCC)s1. The van der Waals surface area contributed by atoms with Crippen molar-refractivity contribution in [1.29, 1.82) is 0 Å². The van der Waals surface area contributed by atoms with Gasteiger partial charge in [-0.1, -0.05) is 42.5 Å². The van der Waals surface area contributed by atoms with Gasteiger partial charge in [0.15, 0.2) is 6.61 Å². The van der Waals surface area contributed by atoms with Crippen LogP contribution in [0.1, 0.15) is 23.9 Å². The number of aromatic nitrogens is 2. The van der Waals surface area contributed by atoms with Crippen molar-refractivity contribution in [2.75, 3.05) is 11.9 Å². The molecule has 0 aliphatic rings. The molecule has 0 saturated heterocycles. The van der Waals surface area contributed by atoms with Gasteiger partial charge in [-0.25, -0.2) is 0 Å². The topological polar surface area (TPSA) is 64.1 Å². The molecule has 0 saturated carbocycles. The van der Waals surface area contributed by atoms with Crippen molar-refractivity contribution in [1.82, 2.24) is 10.2 Å². The number of hydrogen-bond acceptors (Lipinski definition) is 5. The van der Waals surface area contributed by atoms with Gasteiger partial charge < -0.3 is 4.74 Å². The highest BCUT2D eigenvalue weighted by Gasteiger charge is 2.09. The van der Waals surface area contributed by atoms with Gasteiger partial charge in [0.2, 0.25) is 5.13 Å². The summed E-state index contributed by atoms with van der Waals surface area (Å²) in [4.78, 5) is 11.9. The summed E-state index contributed by atoms with van der Waals surface area (Å²) in [5.74, 6) is 0.453. The van der Waals surface area contributed by atoms with Crippen LogP contribution in [0, 0.1) is 0 Å². The lowest BCUT2D eigenvalue weighted by atomic mass is 10.1. The number of ether oxygens (including phenoxy) is 1. The predicted octanol–water partition coefficient (Wildman–Crippen LogP) is 3.24. The molecule has 0 radical (unpaired) electrons. The average Bonchev–Trinajstić information content (AvgIpc) is 2.94. The van der Waals surface area contributed by atoms with Crippen LogP contribution >= 0.6 is 11.3 Å². The number of aryl methyl sites for hydroxylation is 1. The second-order valence-electron chi connectivity index (χ2n) is 4.69. The molecule has 0 unspecified atom stereocenters. The van der Waals surface area contributed by atoms with E-state index in [4.69, 9.17) is 4.74 Å². The fourth-order valence-corrected chi connectivity index (χ4v) is 2.74. The average molecular weight is 317 g/mol. The summed E-state index contributed by atoms with van der Waals surface area (Å²) >= 11 is 1.40. The molecule has 6 heteroatoms. The second kappa shape index (κ2) is 8.29. The minimum atomic E-state index is -0.243. The molecule has 5 nitrogen and oxygen atoms in total. The summed E-state index contributed by atoms with van der Waals surface area (Å²) in [6.07, 6.45) is 4.39. The quantitative estimate of drug-likeness (QED) is 0.759. The van der Waals surface area contributed by atoms with Gasteiger partial charge in [-0.05, 0) is 24.5 Å². The van der Waals surface area contributed by atoms with E-state index in [-0.39, 0.29) is 12.5 Å². The maximum Gasteiger partial charge on any atom is 0.264 e. The molecule has 1 heterocycles. The molecule has 22 heavy (non-hydrogen) atoms. The summed E-state index contributed by atoms with van der Waals surface area (Å²) in [6.45, 7) is 5.74. The Bertz CT molecular complexity index is 640. The summed E-state index contributed by atoms with van der Waals surface area (Å²) < 4.78 is 5.57. The van der Waals surface area contributed by atoms with E-state index in [0.29, 0.717) is 17.3 Å². The zero-order chi connectivity index (χ0) is 15.8. The van der Waals surface area contributed by atoms with Gasteiger partial charge in [-0.2, -0.15) is 0 Å². The van der Waals surface area contributed by atoms with Crippen LogP contribution in [0.4, 0.5) is 5.13 Å². The van der Waals surface area contributed by atoms with Gasteiger partial charge in [0.1, 0.15) is 10.8 Å². The van der Waals surface area contributed by atoms with Crippen LogP contribution in [-0.2, 0) is 17.6 Å². The van der Waals surface area contributed by atoms with Gasteiger partial charge in [0.25, 0.3) is 5.91 Å². The zero-order valence-electron chi connectivity index (χ0n) is 12.5. The first-order chi connectivity index (χ1) is 10.7. The molecule has 1 amide bonds. The lowest BCUT2D eigenvalue weighted by Crippen LogP contribution is -2.20. The van der Waals surface area contributed by atoms with Crippen molar-refractivity contribution in [3.63, 3.8) is 0 Å². The van der Waals surface area contributed by atoms with E-state index in [2.05, 4.69) is 29.0 Å². The first-order valence-corrected chi connectivity index (χ1v) is 7.98. The fourth-order valence-electron chi connectivity index (χ4n) is 1.89. The van der Waals surface area contributed by atoms with E-state index in [0.717, 1.165) is 23.4 Å². The number of anilines is 1. The number of carbonyl (C=O) groups excluding carboxylic acids is 1. The van der Waals surface area contributed by atoms with Crippen LogP contribution in [0.3, 0.4) is 0 Å². The molecule has 0 aliphatic carbocycles. The molecule has 1 N–H and O–H groups in total. The van der Waals surface area contributed by atoms with Crippen LogP contribution in [0.2, 0.25) is 0 Å². The van der Waals surface area contributed by atoms with Crippen LogP contribution in [0.15, 0.2) is 36.9 Å². The maximum absolute atomic E-state index is 11.9. The summed E-state index contributed by atoms with van der Waals surface area (Å²) in [6, 6.07) is 7.61. The van der Waals surface area contributed by atoms with Crippen LogP contribution < -0.4 is 10.1 Å². The third-order valence-corrected chi connectivity index (χ3v) is 3.77.